The van der Waals surface area contributed by atoms with Gasteiger partial charge in [0.05, 0.1) is 5.76 Å². The van der Waals surface area contributed by atoms with E-state index in [0.29, 0.717) is 0 Å². The molecule has 1 heteroatoms. The van der Waals surface area contributed by atoms with Crippen LogP contribution in [0, 0.1) is 0 Å². The Balaban J connectivity index is 2.46. The van der Waals surface area contributed by atoms with Crippen molar-refractivity contribution >= 4 is 0 Å². The molecule has 0 N–H and O–H groups in total. The summed E-state index contributed by atoms with van der Waals surface area (Å²) in [6.45, 7) is 7.83. The van der Waals surface area contributed by atoms with E-state index in [-0.39, 0.29) is 5.60 Å². The lowest BCUT2D eigenvalue weighted by Gasteiger charge is -2.25. The van der Waals surface area contributed by atoms with Crippen LogP contribution in [0.25, 0.3) is 0 Å². The quantitative estimate of drug-likeness (QED) is 0.483. The van der Waals surface area contributed by atoms with E-state index in [1.807, 2.05) is 25.2 Å². The molecule has 0 aromatic carbocycles. The highest BCUT2D eigenvalue weighted by Gasteiger charge is 2.30. The molecule has 0 bridgehead atoms. The minimum Gasteiger partial charge on any atom is -0.492 e. The van der Waals surface area contributed by atoms with E-state index in [4.69, 9.17) is 4.74 Å². The number of hydrogen-bond donors (Lipinski definition) is 0. The SMILES string of the molecule is C=C/C=C\C=C(/C)OC1(C)CCCC1. The third kappa shape index (κ3) is 3.41. The highest BCUT2D eigenvalue weighted by Crippen LogP contribution is 2.34. The summed E-state index contributed by atoms with van der Waals surface area (Å²) >= 11 is 0. The number of rotatable bonds is 4. The molecule has 0 saturated heterocycles. The molecule has 78 valence electrons. The maximum absolute atomic E-state index is 5.92. The lowest BCUT2D eigenvalue weighted by Crippen LogP contribution is -2.23. The van der Waals surface area contributed by atoms with E-state index in [2.05, 4.69) is 13.5 Å². The highest BCUT2D eigenvalue weighted by atomic mass is 16.5. The molecular formula is C13H20O. The fourth-order valence-electron chi connectivity index (χ4n) is 1.92. The van der Waals surface area contributed by atoms with Crippen LogP contribution >= 0.6 is 0 Å². The molecule has 0 amide bonds. The standard InChI is InChI=1S/C13H20O/c1-4-5-6-9-12(2)14-13(3)10-7-8-11-13/h4-6,9H,1,7-8,10-11H2,2-3H3/b6-5-,12-9+. The van der Waals surface area contributed by atoms with E-state index in [1.54, 1.807) is 6.08 Å². The molecule has 1 aliphatic carbocycles. The van der Waals surface area contributed by atoms with Gasteiger partial charge in [-0.25, -0.2) is 0 Å². The number of ether oxygens (including phenoxy) is 1. The first-order chi connectivity index (χ1) is 6.66. The first-order valence-electron chi connectivity index (χ1n) is 5.31. The fourth-order valence-corrected chi connectivity index (χ4v) is 1.92. The predicted molar refractivity (Wildman–Crippen MR) is 61.1 cm³/mol. The Bertz CT molecular complexity index is 242. The van der Waals surface area contributed by atoms with Gasteiger partial charge < -0.3 is 4.74 Å². The van der Waals surface area contributed by atoms with E-state index < -0.39 is 0 Å². The minimum absolute atomic E-state index is 0.0859. The van der Waals surface area contributed by atoms with E-state index in [9.17, 15) is 0 Å². The Kier molecular flexibility index (Phi) is 3.99. The molecular weight excluding hydrogens is 172 g/mol. The van der Waals surface area contributed by atoms with Gasteiger partial charge in [0.15, 0.2) is 0 Å². The van der Waals surface area contributed by atoms with Gasteiger partial charge in [0.1, 0.15) is 5.60 Å². The van der Waals surface area contributed by atoms with Gasteiger partial charge in [-0.3, -0.25) is 0 Å². The van der Waals surface area contributed by atoms with Crippen LogP contribution in [0.5, 0.6) is 0 Å². The third-order valence-electron chi connectivity index (χ3n) is 2.65. The second kappa shape index (κ2) is 5.04. The molecule has 0 aliphatic heterocycles. The van der Waals surface area contributed by atoms with Crippen molar-refractivity contribution < 1.29 is 4.74 Å². The average molecular weight is 192 g/mol. The molecule has 1 saturated carbocycles. The van der Waals surface area contributed by atoms with Crippen LogP contribution < -0.4 is 0 Å². The molecule has 0 radical (unpaired) electrons. The molecule has 0 heterocycles. The summed E-state index contributed by atoms with van der Waals surface area (Å²) < 4.78 is 5.92. The van der Waals surface area contributed by atoms with Crippen LogP contribution in [0.1, 0.15) is 39.5 Å². The molecule has 0 spiro atoms. The maximum atomic E-state index is 5.92. The summed E-state index contributed by atoms with van der Waals surface area (Å²) in [5.74, 6) is 0.993. The third-order valence-corrected chi connectivity index (χ3v) is 2.65. The van der Waals surface area contributed by atoms with Crippen LogP contribution in [0.3, 0.4) is 0 Å². The summed E-state index contributed by atoms with van der Waals surface area (Å²) in [4.78, 5) is 0. The molecule has 14 heavy (non-hydrogen) atoms. The van der Waals surface area contributed by atoms with Crippen molar-refractivity contribution in [3.05, 3.63) is 36.6 Å². The Morgan fingerprint density at radius 2 is 1.93 bits per heavy atom. The molecule has 1 nitrogen and oxygen atoms in total. The Morgan fingerprint density at radius 3 is 2.50 bits per heavy atom. The van der Waals surface area contributed by atoms with Crippen LogP contribution in [0.4, 0.5) is 0 Å². The molecule has 0 atom stereocenters. The molecule has 0 aromatic heterocycles. The first-order valence-corrected chi connectivity index (χ1v) is 5.31. The van der Waals surface area contributed by atoms with E-state index >= 15 is 0 Å². The van der Waals surface area contributed by atoms with Gasteiger partial charge in [-0.2, -0.15) is 0 Å². The van der Waals surface area contributed by atoms with Crippen molar-refractivity contribution in [3.8, 4) is 0 Å². The Morgan fingerprint density at radius 1 is 1.29 bits per heavy atom. The van der Waals surface area contributed by atoms with Crippen molar-refractivity contribution in [1.29, 1.82) is 0 Å². The first kappa shape index (κ1) is 11.1. The van der Waals surface area contributed by atoms with Crippen LogP contribution in [0.15, 0.2) is 36.6 Å². The summed E-state index contributed by atoms with van der Waals surface area (Å²) in [6.07, 6.45) is 12.6. The smallest absolute Gasteiger partial charge is 0.106 e. The van der Waals surface area contributed by atoms with Crippen LogP contribution in [0.2, 0.25) is 0 Å². The number of hydrogen-bond acceptors (Lipinski definition) is 1. The van der Waals surface area contributed by atoms with Gasteiger partial charge in [0.2, 0.25) is 0 Å². The van der Waals surface area contributed by atoms with Crippen LogP contribution in [-0.2, 0) is 4.74 Å². The number of allylic oxidation sites excluding steroid dienone is 5. The van der Waals surface area contributed by atoms with Crippen molar-refractivity contribution in [1.82, 2.24) is 0 Å². The molecule has 0 unspecified atom stereocenters. The Hall–Kier alpha value is -0.980. The average Bonchev–Trinajstić information content (AvgIpc) is 2.52. The van der Waals surface area contributed by atoms with Gasteiger partial charge in [-0.05, 0) is 45.6 Å². The zero-order chi connectivity index (χ0) is 10.4. The van der Waals surface area contributed by atoms with Crippen LogP contribution in [-0.4, -0.2) is 5.60 Å². The molecule has 1 fully saturated rings. The maximum Gasteiger partial charge on any atom is 0.106 e. The van der Waals surface area contributed by atoms with E-state index in [0.717, 1.165) is 5.76 Å². The summed E-state index contributed by atoms with van der Waals surface area (Å²) in [5.41, 5.74) is 0.0859. The predicted octanol–water partition coefficient (Wildman–Crippen LogP) is 3.98. The van der Waals surface area contributed by atoms with E-state index in [1.165, 1.54) is 25.7 Å². The van der Waals surface area contributed by atoms with Gasteiger partial charge in [0, 0.05) is 0 Å². The second-order valence-electron chi connectivity index (χ2n) is 4.16. The largest absolute Gasteiger partial charge is 0.492 e. The van der Waals surface area contributed by atoms with Crippen molar-refractivity contribution in [2.75, 3.05) is 0 Å². The lowest BCUT2D eigenvalue weighted by molar-refractivity contribution is 0.0256. The van der Waals surface area contributed by atoms with Gasteiger partial charge >= 0.3 is 0 Å². The molecule has 1 aliphatic rings. The monoisotopic (exact) mass is 192 g/mol. The normalized spacial score (nSPS) is 21.4. The summed E-state index contributed by atoms with van der Waals surface area (Å²) in [5, 5.41) is 0. The van der Waals surface area contributed by atoms with Crippen molar-refractivity contribution in [2.24, 2.45) is 0 Å². The lowest BCUT2D eigenvalue weighted by atomic mass is 10.1. The summed E-state index contributed by atoms with van der Waals surface area (Å²) in [6, 6.07) is 0. The second-order valence-corrected chi connectivity index (χ2v) is 4.16. The fraction of sp³-hybridized carbons (Fsp3) is 0.538. The van der Waals surface area contributed by atoms with Crippen molar-refractivity contribution in [3.63, 3.8) is 0 Å². The molecule has 0 aromatic rings. The van der Waals surface area contributed by atoms with Gasteiger partial charge in [-0.15, -0.1) is 0 Å². The Labute approximate surface area is 87.2 Å². The zero-order valence-electron chi connectivity index (χ0n) is 9.25. The zero-order valence-corrected chi connectivity index (χ0v) is 9.25. The van der Waals surface area contributed by atoms with Crippen molar-refractivity contribution in [2.45, 2.75) is 45.1 Å². The minimum atomic E-state index is 0.0859. The van der Waals surface area contributed by atoms with Gasteiger partial charge in [-0.1, -0.05) is 24.8 Å². The highest BCUT2D eigenvalue weighted by molar-refractivity contribution is 5.11. The molecule has 1 rings (SSSR count). The van der Waals surface area contributed by atoms with Gasteiger partial charge in [0.25, 0.3) is 0 Å². The topological polar surface area (TPSA) is 9.23 Å². The summed E-state index contributed by atoms with van der Waals surface area (Å²) in [7, 11) is 0.